The van der Waals surface area contributed by atoms with Gasteiger partial charge in [-0.1, -0.05) is 5.21 Å². The zero-order chi connectivity index (χ0) is 8.27. The third kappa shape index (κ3) is 2.19. The van der Waals surface area contributed by atoms with Gasteiger partial charge in [-0.15, -0.1) is 16.7 Å². The molecule has 1 amide bonds. The molecule has 11 heavy (non-hydrogen) atoms. The number of aromatic nitrogens is 3. The molecule has 60 valence electrons. The van der Waals surface area contributed by atoms with E-state index in [0.717, 1.165) is 0 Å². The predicted molar refractivity (Wildman–Crippen MR) is 40.4 cm³/mol. The number of rotatable bonds is 2. The van der Waals surface area contributed by atoms with E-state index in [9.17, 15) is 4.79 Å². The average molecular weight is 175 g/mol. The maximum Gasteiger partial charge on any atom is 0.240 e. The van der Waals surface area contributed by atoms with Gasteiger partial charge in [-0.25, -0.2) is 0 Å². The van der Waals surface area contributed by atoms with Crippen molar-refractivity contribution in [3.8, 4) is 0 Å². The van der Waals surface area contributed by atoms with E-state index >= 15 is 0 Å². The summed E-state index contributed by atoms with van der Waals surface area (Å²) in [5, 5.41) is 9.69. The van der Waals surface area contributed by atoms with Crippen molar-refractivity contribution in [1.82, 2.24) is 15.0 Å². The first-order valence-electron chi connectivity index (χ1n) is 2.94. The summed E-state index contributed by atoms with van der Waals surface area (Å²) in [6, 6.07) is 0. The number of carbonyl (C=O) groups is 1. The topological polar surface area (TPSA) is 59.8 Å². The summed E-state index contributed by atoms with van der Waals surface area (Å²) >= 11 is 5.24. The molecule has 1 N–H and O–H groups in total. The van der Waals surface area contributed by atoms with Crippen molar-refractivity contribution in [1.29, 1.82) is 0 Å². The minimum Gasteiger partial charge on any atom is -0.307 e. The molecule has 0 aromatic carbocycles. The number of hydrogen-bond donors (Lipinski definition) is 1. The fourth-order valence-electron chi connectivity index (χ4n) is 0.581. The van der Waals surface area contributed by atoms with E-state index < -0.39 is 0 Å². The molecule has 0 radical (unpaired) electrons. The second-order valence-electron chi connectivity index (χ2n) is 1.96. The van der Waals surface area contributed by atoms with Crippen LogP contribution in [0.4, 0.5) is 5.82 Å². The van der Waals surface area contributed by atoms with Gasteiger partial charge in [-0.3, -0.25) is 9.48 Å². The highest BCUT2D eigenvalue weighted by Gasteiger charge is 2.01. The molecule has 0 saturated heterocycles. The van der Waals surface area contributed by atoms with Crippen LogP contribution < -0.4 is 5.32 Å². The first kappa shape index (κ1) is 8.00. The van der Waals surface area contributed by atoms with Crippen LogP contribution in [0.15, 0.2) is 6.20 Å². The molecule has 1 aromatic rings. The Balaban J connectivity index is 2.57. The van der Waals surface area contributed by atoms with E-state index in [4.69, 9.17) is 11.6 Å². The van der Waals surface area contributed by atoms with Gasteiger partial charge in [-0.05, 0) is 0 Å². The minimum atomic E-state index is -0.285. The van der Waals surface area contributed by atoms with Gasteiger partial charge in [-0.2, -0.15) is 0 Å². The molecule has 0 unspecified atom stereocenters. The third-order valence-electron chi connectivity index (χ3n) is 0.992. The maximum absolute atomic E-state index is 10.7. The van der Waals surface area contributed by atoms with E-state index in [1.54, 1.807) is 13.2 Å². The molecule has 0 aliphatic rings. The van der Waals surface area contributed by atoms with Crippen LogP contribution in [0, 0.1) is 0 Å². The van der Waals surface area contributed by atoms with E-state index in [-0.39, 0.29) is 11.8 Å². The molecule has 0 aliphatic carbocycles. The van der Waals surface area contributed by atoms with Crippen LogP contribution in [0.25, 0.3) is 0 Å². The van der Waals surface area contributed by atoms with Gasteiger partial charge in [0.15, 0.2) is 5.82 Å². The van der Waals surface area contributed by atoms with Crippen molar-refractivity contribution in [3.63, 3.8) is 0 Å². The fraction of sp³-hybridized carbons (Fsp3) is 0.400. The number of aryl methyl sites for hydroxylation is 1. The van der Waals surface area contributed by atoms with Crippen molar-refractivity contribution in [2.75, 3.05) is 11.2 Å². The highest BCUT2D eigenvalue weighted by molar-refractivity contribution is 6.28. The Morgan fingerprint density at radius 1 is 1.91 bits per heavy atom. The summed E-state index contributed by atoms with van der Waals surface area (Å²) in [4.78, 5) is 10.7. The molecule has 0 saturated carbocycles. The van der Waals surface area contributed by atoms with Gasteiger partial charge in [0, 0.05) is 7.05 Å². The Morgan fingerprint density at radius 3 is 3.09 bits per heavy atom. The highest BCUT2D eigenvalue weighted by atomic mass is 35.5. The zero-order valence-electron chi connectivity index (χ0n) is 5.91. The van der Waals surface area contributed by atoms with Crippen LogP contribution in [-0.4, -0.2) is 26.8 Å². The van der Waals surface area contributed by atoms with Crippen LogP contribution in [0.3, 0.4) is 0 Å². The fourth-order valence-corrected chi connectivity index (χ4v) is 0.648. The van der Waals surface area contributed by atoms with Gasteiger partial charge >= 0.3 is 0 Å². The molecule has 6 heteroatoms. The summed E-state index contributed by atoms with van der Waals surface area (Å²) in [7, 11) is 1.71. The Kier molecular flexibility index (Phi) is 2.43. The monoisotopic (exact) mass is 174 g/mol. The van der Waals surface area contributed by atoms with Gasteiger partial charge < -0.3 is 5.32 Å². The lowest BCUT2D eigenvalue weighted by atomic mass is 10.6. The van der Waals surface area contributed by atoms with Gasteiger partial charge in [0.2, 0.25) is 5.91 Å². The number of nitrogens with zero attached hydrogens (tertiary/aromatic N) is 3. The first-order valence-corrected chi connectivity index (χ1v) is 3.48. The predicted octanol–water partition coefficient (Wildman–Crippen LogP) is -0.00760. The molecular weight excluding hydrogens is 168 g/mol. The van der Waals surface area contributed by atoms with Crippen molar-refractivity contribution in [2.45, 2.75) is 0 Å². The minimum absolute atomic E-state index is 0.0728. The summed E-state index contributed by atoms with van der Waals surface area (Å²) in [5.74, 6) is 0.0571. The second kappa shape index (κ2) is 3.34. The summed E-state index contributed by atoms with van der Waals surface area (Å²) in [6.07, 6.45) is 1.59. The Morgan fingerprint density at radius 2 is 2.64 bits per heavy atom. The molecule has 0 atom stereocenters. The molecule has 0 spiro atoms. The third-order valence-corrected chi connectivity index (χ3v) is 1.23. The SMILES string of the molecule is Cn1cc(NC(=O)CCl)nn1. The van der Waals surface area contributed by atoms with E-state index in [1.807, 2.05) is 0 Å². The first-order chi connectivity index (χ1) is 5.22. The lowest BCUT2D eigenvalue weighted by molar-refractivity contribution is -0.113. The van der Waals surface area contributed by atoms with Crippen molar-refractivity contribution >= 4 is 23.3 Å². The van der Waals surface area contributed by atoms with Crippen molar-refractivity contribution in [2.24, 2.45) is 7.05 Å². The molecular formula is C5H7ClN4O. The van der Waals surface area contributed by atoms with Crippen LogP contribution in [0.2, 0.25) is 0 Å². The molecule has 1 heterocycles. The van der Waals surface area contributed by atoms with Crippen molar-refractivity contribution < 1.29 is 4.79 Å². The van der Waals surface area contributed by atoms with Crippen LogP contribution in [0.5, 0.6) is 0 Å². The zero-order valence-corrected chi connectivity index (χ0v) is 6.67. The number of halogens is 1. The summed E-state index contributed by atoms with van der Waals surface area (Å²) in [6.45, 7) is 0. The highest BCUT2D eigenvalue weighted by Crippen LogP contribution is 1.97. The Hall–Kier alpha value is -1.10. The normalized spacial score (nSPS) is 9.64. The number of carbonyl (C=O) groups excluding carboxylic acids is 1. The lowest BCUT2D eigenvalue weighted by Gasteiger charge is -1.93. The number of hydrogen-bond acceptors (Lipinski definition) is 3. The smallest absolute Gasteiger partial charge is 0.240 e. The second-order valence-corrected chi connectivity index (χ2v) is 2.23. The Bertz CT molecular complexity index is 259. The maximum atomic E-state index is 10.7. The number of anilines is 1. The van der Waals surface area contributed by atoms with Crippen molar-refractivity contribution in [3.05, 3.63) is 6.20 Å². The lowest BCUT2D eigenvalue weighted by Crippen LogP contribution is -2.12. The Labute approximate surface area is 68.3 Å². The molecule has 1 rings (SSSR count). The van der Waals surface area contributed by atoms with E-state index in [2.05, 4.69) is 15.6 Å². The average Bonchev–Trinajstić information content (AvgIpc) is 2.35. The molecule has 0 bridgehead atoms. The molecule has 5 nitrogen and oxygen atoms in total. The van der Waals surface area contributed by atoms with E-state index in [0.29, 0.717) is 5.82 Å². The number of alkyl halides is 1. The summed E-state index contributed by atoms with van der Waals surface area (Å²) in [5.41, 5.74) is 0. The number of nitrogens with one attached hydrogen (secondary N) is 1. The van der Waals surface area contributed by atoms with E-state index in [1.165, 1.54) is 4.68 Å². The molecule has 0 fully saturated rings. The van der Waals surface area contributed by atoms with Gasteiger partial charge in [0.05, 0.1) is 6.20 Å². The standard InChI is InChI=1S/C5H7ClN4O/c1-10-3-4(8-9-10)7-5(11)2-6/h3H,2H2,1H3,(H,7,11). The quantitative estimate of drug-likeness (QED) is 0.642. The van der Waals surface area contributed by atoms with Crippen LogP contribution in [0.1, 0.15) is 0 Å². The summed E-state index contributed by atoms with van der Waals surface area (Å²) < 4.78 is 1.49. The number of amides is 1. The largest absolute Gasteiger partial charge is 0.307 e. The molecule has 1 aromatic heterocycles. The molecule has 0 aliphatic heterocycles. The van der Waals surface area contributed by atoms with Crippen LogP contribution >= 0.6 is 11.6 Å². The van der Waals surface area contributed by atoms with Gasteiger partial charge in [0.1, 0.15) is 5.88 Å². The van der Waals surface area contributed by atoms with Gasteiger partial charge in [0.25, 0.3) is 0 Å². The van der Waals surface area contributed by atoms with Crippen LogP contribution in [-0.2, 0) is 11.8 Å².